The van der Waals surface area contributed by atoms with Gasteiger partial charge in [-0.2, -0.15) is 5.10 Å². The van der Waals surface area contributed by atoms with Crippen molar-refractivity contribution in [3.8, 4) is 0 Å². The molecule has 26 heavy (non-hydrogen) atoms. The molecular weight excluding hydrogens is 324 g/mol. The average molecular weight is 361 g/mol. The highest BCUT2D eigenvalue weighted by Crippen LogP contribution is 2.26. The Hall–Kier alpha value is -1.36. The summed E-state index contributed by atoms with van der Waals surface area (Å²) in [6.07, 6.45) is 9.07. The molecule has 0 aromatic carbocycles. The Bertz CT molecular complexity index is 599. The van der Waals surface area contributed by atoms with Gasteiger partial charge in [-0.1, -0.05) is 26.7 Å². The SMILES string of the molecule is CCn1nc(C(=O)N2CCCCCC2)c2c1CCC(NCCC(C)C)C2. The van der Waals surface area contributed by atoms with Crippen molar-refractivity contribution < 1.29 is 4.79 Å². The monoisotopic (exact) mass is 360 g/mol. The van der Waals surface area contributed by atoms with E-state index in [0.717, 1.165) is 69.9 Å². The molecule has 0 bridgehead atoms. The lowest BCUT2D eigenvalue weighted by molar-refractivity contribution is 0.0753. The van der Waals surface area contributed by atoms with E-state index in [-0.39, 0.29) is 5.91 Å². The minimum absolute atomic E-state index is 0.165. The number of nitrogens with zero attached hydrogens (tertiary/aromatic N) is 3. The highest BCUT2D eigenvalue weighted by atomic mass is 16.2. The molecule has 1 aliphatic carbocycles. The van der Waals surface area contributed by atoms with E-state index in [0.29, 0.717) is 6.04 Å². The lowest BCUT2D eigenvalue weighted by Crippen LogP contribution is -2.37. The van der Waals surface area contributed by atoms with Crippen molar-refractivity contribution in [2.75, 3.05) is 19.6 Å². The highest BCUT2D eigenvalue weighted by Gasteiger charge is 2.30. The molecule has 1 aliphatic heterocycles. The molecule has 0 spiro atoms. The molecule has 1 fully saturated rings. The fourth-order valence-electron chi connectivity index (χ4n) is 4.30. The van der Waals surface area contributed by atoms with Crippen LogP contribution in [0, 0.1) is 5.92 Å². The summed E-state index contributed by atoms with van der Waals surface area (Å²) in [5.41, 5.74) is 3.25. The molecule has 1 saturated heterocycles. The number of carbonyl (C=O) groups is 1. The predicted molar refractivity (Wildman–Crippen MR) is 106 cm³/mol. The molecule has 2 aliphatic rings. The third-order valence-electron chi connectivity index (χ3n) is 5.90. The second-order valence-corrected chi connectivity index (χ2v) is 8.37. The summed E-state index contributed by atoms with van der Waals surface area (Å²) in [7, 11) is 0. The van der Waals surface area contributed by atoms with Crippen molar-refractivity contribution in [2.24, 2.45) is 5.92 Å². The van der Waals surface area contributed by atoms with E-state index in [1.54, 1.807) is 0 Å². The first-order chi connectivity index (χ1) is 12.6. The molecule has 1 unspecified atom stereocenters. The van der Waals surface area contributed by atoms with E-state index >= 15 is 0 Å². The molecule has 3 rings (SSSR count). The molecule has 0 radical (unpaired) electrons. The van der Waals surface area contributed by atoms with Crippen LogP contribution >= 0.6 is 0 Å². The third kappa shape index (κ3) is 4.48. The Labute approximate surface area is 158 Å². The van der Waals surface area contributed by atoms with Crippen molar-refractivity contribution in [1.29, 1.82) is 0 Å². The van der Waals surface area contributed by atoms with Crippen LogP contribution in [-0.4, -0.2) is 46.3 Å². The molecule has 1 aromatic heterocycles. The standard InChI is InChI=1S/C21H36N4O/c1-4-25-19-10-9-17(22-12-11-16(2)3)15-18(19)20(23-25)21(26)24-13-7-5-6-8-14-24/h16-17,22H,4-15H2,1-3H3. The number of amides is 1. The van der Waals surface area contributed by atoms with Crippen LogP contribution in [0.2, 0.25) is 0 Å². The number of hydrogen-bond donors (Lipinski definition) is 1. The van der Waals surface area contributed by atoms with E-state index in [9.17, 15) is 4.79 Å². The maximum Gasteiger partial charge on any atom is 0.274 e. The summed E-state index contributed by atoms with van der Waals surface area (Å²) in [5.74, 6) is 0.892. The zero-order chi connectivity index (χ0) is 18.5. The first-order valence-corrected chi connectivity index (χ1v) is 10.7. The van der Waals surface area contributed by atoms with Gasteiger partial charge in [-0.3, -0.25) is 9.48 Å². The summed E-state index contributed by atoms with van der Waals surface area (Å²) in [4.78, 5) is 15.2. The summed E-state index contributed by atoms with van der Waals surface area (Å²) in [5, 5.41) is 8.47. The molecular formula is C21H36N4O. The van der Waals surface area contributed by atoms with Crippen molar-refractivity contribution in [3.05, 3.63) is 17.0 Å². The Kier molecular flexibility index (Phi) is 6.74. The van der Waals surface area contributed by atoms with Crippen LogP contribution in [0.25, 0.3) is 0 Å². The maximum absolute atomic E-state index is 13.2. The second kappa shape index (κ2) is 9.03. The van der Waals surface area contributed by atoms with Crippen LogP contribution < -0.4 is 5.32 Å². The zero-order valence-electron chi connectivity index (χ0n) is 16.9. The van der Waals surface area contributed by atoms with Gasteiger partial charge in [-0.05, 0) is 57.9 Å². The molecule has 0 saturated carbocycles. The largest absolute Gasteiger partial charge is 0.337 e. The van der Waals surface area contributed by atoms with Gasteiger partial charge in [0, 0.05) is 36.9 Å². The summed E-state index contributed by atoms with van der Waals surface area (Å²) in [6.45, 7) is 10.4. The number of aromatic nitrogens is 2. The van der Waals surface area contributed by atoms with Gasteiger partial charge in [-0.25, -0.2) is 0 Å². The Morgan fingerprint density at radius 3 is 2.62 bits per heavy atom. The van der Waals surface area contributed by atoms with Gasteiger partial charge in [0.15, 0.2) is 5.69 Å². The van der Waals surface area contributed by atoms with Gasteiger partial charge in [0.2, 0.25) is 0 Å². The third-order valence-corrected chi connectivity index (χ3v) is 5.90. The van der Waals surface area contributed by atoms with E-state index in [2.05, 4.69) is 30.8 Å². The quantitative estimate of drug-likeness (QED) is 0.846. The fourth-order valence-corrected chi connectivity index (χ4v) is 4.30. The van der Waals surface area contributed by atoms with E-state index < -0.39 is 0 Å². The Morgan fingerprint density at radius 2 is 1.96 bits per heavy atom. The minimum atomic E-state index is 0.165. The molecule has 1 N–H and O–H groups in total. The first kappa shape index (κ1) is 19.4. The fraction of sp³-hybridized carbons (Fsp3) is 0.810. The minimum Gasteiger partial charge on any atom is -0.337 e. The van der Waals surface area contributed by atoms with Gasteiger partial charge in [0.05, 0.1) is 0 Å². The van der Waals surface area contributed by atoms with Crippen LogP contribution in [0.5, 0.6) is 0 Å². The number of fused-ring (bicyclic) bond motifs is 1. The first-order valence-electron chi connectivity index (χ1n) is 10.7. The topological polar surface area (TPSA) is 50.2 Å². The molecule has 5 nitrogen and oxygen atoms in total. The van der Waals surface area contributed by atoms with Crippen molar-refractivity contribution in [2.45, 2.75) is 84.7 Å². The molecule has 5 heteroatoms. The van der Waals surface area contributed by atoms with Gasteiger partial charge in [-0.15, -0.1) is 0 Å². The number of carbonyl (C=O) groups excluding carboxylic acids is 1. The van der Waals surface area contributed by atoms with Gasteiger partial charge < -0.3 is 10.2 Å². The normalized spacial score (nSPS) is 20.9. The van der Waals surface area contributed by atoms with Crippen LogP contribution in [0.1, 0.15) is 81.0 Å². The number of aryl methyl sites for hydroxylation is 1. The average Bonchev–Trinajstić information content (AvgIpc) is 2.80. The molecule has 146 valence electrons. The van der Waals surface area contributed by atoms with E-state index in [1.807, 2.05) is 4.90 Å². The Morgan fingerprint density at radius 1 is 1.23 bits per heavy atom. The lowest BCUT2D eigenvalue weighted by Gasteiger charge is -2.26. The summed E-state index contributed by atoms with van der Waals surface area (Å²) in [6, 6.07) is 0.478. The molecule has 1 aromatic rings. The maximum atomic E-state index is 13.2. The second-order valence-electron chi connectivity index (χ2n) is 8.37. The number of rotatable bonds is 6. The van der Waals surface area contributed by atoms with E-state index in [1.165, 1.54) is 30.5 Å². The van der Waals surface area contributed by atoms with Crippen LogP contribution in [0.4, 0.5) is 0 Å². The lowest BCUT2D eigenvalue weighted by atomic mass is 9.90. The predicted octanol–water partition coefficient (Wildman–Crippen LogP) is 3.41. The smallest absolute Gasteiger partial charge is 0.274 e. The Balaban J connectivity index is 1.75. The van der Waals surface area contributed by atoms with Crippen molar-refractivity contribution >= 4 is 5.91 Å². The van der Waals surface area contributed by atoms with Gasteiger partial charge in [0.1, 0.15) is 0 Å². The van der Waals surface area contributed by atoms with E-state index in [4.69, 9.17) is 5.10 Å². The number of nitrogens with one attached hydrogen (secondary N) is 1. The molecule has 1 atom stereocenters. The number of likely N-dealkylation sites (tertiary alicyclic amines) is 1. The van der Waals surface area contributed by atoms with Crippen LogP contribution in [-0.2, 0) is 19.4 Å². The summed E-state index contributed by atoms with van der Waals surface area (Å²) < 4.78 is 2.07. The highest BCUT2D eigenvalue weighted by molar-refractivity contribution is 5.94. The van der Waals surface area contributed by atoms with Crippen molar-refractivity contribution in [3.63, 3.8) is 0 Å². The van der Waals surface area contributed by atoms with Crippen molar-refractivity contribution in [1.82, 2.24) is 20.0 Å². The molecule has 1 amide bonds. The van der Waals surface area contributed by atoms with Gasteiger partial charge >= 0.3 is 0 Å². The summed E-state index contributed by atoms with van der Waals surface area (Å²) >= 11 is 0. The van der Waals surface area contributed by atoms with Crippen LogP contribution in [0.15, 0.2) is 0 Å². The van der Waals surface area contributed by atoms with Gasteiger partial charge in [0.25, 0.3) is 5.91 Å². The molecule has 2 heterocycles. The van der Waals surface area contributed by atoms with Crippen LogP contribution in [0.3, 0.4) is 0 Å². The zero-order valence-corrected chi connectivity index (χ0v) is 16.9. The number of hydrogen-bond acceptors (Lipinski definition) is 3.